The number of fused-ring (bicyclic) bond motifs is 3. The Kier molecular flexibility index (Phi) is 8.20. The Morgan fingerprint density at radius 1 is 1.02 bits per heavy atom. The molecule has 3 N–H and O–H groups in total. The summed E-state index contributed by atoms with van der Waals surface area (Å²) in [5.41, 5.74) is 9.74. The van der Waals surface area contributed by atoms with E-state index in [1.165, 1.54) is 6.07 Å². The van der Waals surface area contributed by atoms with Crippen molar-refractivity contribution in [2.75, 3.05) is 50.0 Å². The van der Waals surface area contributed by atoms with E-state index in [1.807, 2.05) is 6.07 Å². The van der Waals surface area contributed by atoms with Crippen molar-refractivity contribution in [2.24, 2.45) is 5.92 Å². The molecule has 0 unspecified atom stereocenters. The number of benzene rings is 2. The zero-order valence-electron chi connectivity index (χ0n) is 23.6. The van der Waals surface area contributed by atoms with E-state index >= 15 is 0 Å². The van der Waals surface area contributed by atoms with Crippen molar-refractivity contribution in [1.29, 1.82) is 0 Å². The van der Waals surface area contributed by atoms with E-state index < -0.39 is 23.9 Å². The molecular formula is C30H31F4N5O5. The highest BCUT2D eigenvalue weighted by atomic mass is 19.4. The lowest BCUT2D eigenvalue weighted by Gasteiger charge is -2.38. The fourth-order valence-electron chi connectivity index (χ4n) is 5.86. The highest BCUT2D eigenvalue weighted by Crippen LogP contribution is 2.40. The van der Waals surface area contributed by atoms with E-state index in [0.29, 0.717) is 38.0 Å². The second-order valence-corrected chi connectivity index (χ2v) is 11.1. The lowest BCUT2D eigenvalue weighted by Crippen LogP contribution is -2.48. The van der Waals surface area contributed by atoms with Crippen LogP contribution in [0.25, 0.3) is 11.3 Å². The molecule has 2 aromatic carbocycles. The van der Waals surface area contributed by atoms with Crippen molar-refractivity contribution in [2.45, 2.75) is 38.1 Å². The average molecular weight is 618 g/mol. The van der Waals surface area contributed by atoms with Crippen LogP contribution in [0.2, 0.25) is 0 Å². The summed E-state index contributed by atoms with van der Waals surface area (Å²) in [6.07, 6.45) is -2.45. The number of carboxylic acid groups (broad SMARTS) is 1. The summed E-state index contributed by atoms with van der Waals surface area (Å²) in [5, 5.41) is 9.01. The van der Waals surface area contributed by atoms with Crippen LogP contribution in [-0.2, 0) is 22.4 Å². The second kappa shape index (κ2) is 12.1. The number of anilines is 2. The normalized spacial score (nSPS) is 20.0. The predicted octanol–water partition coefficient (Wildman–Crippen LogP) is 4.66. The highest BCUT2D eigenvalue weighted by molar-refractivity contribution is 5.76. The van der Waals surface area contributed by atoms with Gasteiger partial charge in [-0.25, -0.2) is 9.37 Å². The van der Waals surface area contributed by atoms with Gasteiger partial charge in [0.1, 0.15) is 17.3 Å². The summed E-state index contributed by atoms with van der Waals surface area (Å²) in [5.74, 6) is -1.74. The van der Waals surface area contributed by atoms with Gasteiger partial charge < -0.3 is 30.0 Å². The fourth-order valence-corrected chi connectivity index (χ4v) is 5.86. The van der Waals surface area contributed by atoms with E-state index in [9.17, 15) is 22.4 Å². The molecule has 1 aliphatic heterocycles. The quantitative estimate of drug-likeness (QED) is 0.328. The van der Waals surface area contributed by atoms with Crippen molar-refractivity contribution in [3.8, 4) is 28.5 Å². The van der Waals surface area contributed by atoms with Gasteiger partial charge >= 0.3 is 12.3 Å². The van der Waals surface area contributed by atoms with Crippen molar-refractivity contribution in [1.82, 2.24) is 14.9 Å². The molecule has 0 radical (unpaired) electrons. The Bertz CT molecular complexity index is 1540. The van der Waals surface area contributed by atoms with Gasteiger partial charge in [0.15, 0.2) is 11.6 Å². The highest BCUT2D eigenvalue weighted by Gasteiger charge is 2.35. The fraction of sp³-hybridized carbons (Fsp3) is 0.433. The van der Waals surface area contributed by atoms with Gasteiger partial charge in [0.05, 0.1) is 24.3 Å². The second-order valence-electron chi connectivity index (χ2n) is 11.1. The molecule has 0 amide bonds. The SMILES string of the molecule is Nc1nc2c(c(N3CCN(CCOC4CC(C(=O)O)C4)CC3)n1)CCc1cc(Oc3ccc(OC(F)(F)F)c(F)c3)ccc1-2. The molecule has 2 aliphatic carbocycles. The van der Waals surface area contributed by atoms with Crippen LogP contribution in [0.5, 0.6) is 17.2 Å². The molecule has 2 fully saturated rings. The number of hydrogen-bond donors (Lipinski definition) is 2. The van der Waals surface area contributed by atoms with Crippen LogP contribution < -0.4 is 20.1 Å². The molecular weight excluding hydrogens is 586 g/mol. The standard InChI is InChI=1S/C30H31F4N5O5/c31-24-16-20(3-6-25(24)44-30(32,33)34)43-19-2-5-22-17(13-19)1-4-23-26(22)36-29(35)37-27(23)39-9-7-38(8-10-39)11-12-42-21-14-18(15-21)28(40)41/h2-3,5-6,13,16,18,21H,1,4,7-12,14-15H2,(H,40,41)(H2,35,36,37). The van der Waals surface area contributed by atoms with E-state index in [1.54, 1.807) is 12.1 Å². The Labute approximate surface area is 250 Å². The number of carbonyl (C=O) groups is 1. The van der Waals surface area contributed by atoms with Crippen LogP contribution in [-0.4, -0.2) is 77.7 Å². The molecule has 0 spiro atoms. The molecule has 0 bridgehead atoms. The number of nitrogens with two attached hydrogens (primary N) is 1. The van der Waals surface area contributed by atoms with Gasteiger partial charge in [0.25, 0.3) is 0 Å². The Balaban J connectivity index is 1.09. The maximum atomic E-state index is 14.1. The number of hydrogen-bond acceptors (Lipinski definition) is 9. The summed E-state index contributed by atoms with van der Waals surface area (Å²) in [7, 11) is 0. The third-order valence-corrected chi connectivity index (χ3v) is 8.22. The number of rotatable bonds is 9. The van der Waals surface area contributed by atoms with Crippen molar-refractivity contribution in [3.63, 3.8) is 0 Å². The van der Waals surface area contributed by atoms with E-state index in [-0.39, 0.29) is 23.7 Å². The maximum Gasteiger partial charge on any atom is 0.573 e. The van der Waals surface area contributed by atoms with Crippen LogP contribution >= 0.6 is 0 Å². The maximum absolute atomic E-state index is 14.1. The minimum absolute atomic E-state index is 0.0302. The lowest BCUT2D eigenvalue weighted by atomic mass is 9.82. The summed E-state index contributed by atoms with van der Waals surface area (Å²) < 4.78 is 66.7. The number of alkyl halides is 3. The lowest BCUT2D eigenvalue weighted by molar-refractivity contribution is -0.275. The van der Waals surface area contributed by atoms with Crippen LogP contribution in [0, 0.1) is 11.7 Å². The van der Waals surface area contributed by atoms with Crippen molar-refractivity contribution in [3.05, 3.63) is 53.3 Å². The molecule has 6 rings (SSSR count). The molecule has 2 heterocycles. The summed E-state index contributed by atoms with van der Waals surface area (Å²) in [6.45, 7) is 4.52. The van der Waals surface area contributed by atoms with E-state index in [4.69, 9.17) is 20.3 Å². The van der Waals surface area contributed by atoms with Crippen LogP contribution in [0.4, 0.5) is 29.3 Å². The number of halogens is 4. The predicted molar refractivity (Wildman–Crippen MR) is 151 cm³/mol. The van der Waals surface area contributed by atoms with Crippen LogP contribution in [0.1, 0.15) is 24.0 Å². The van der Waals surface area contributed by atoms with Gasteiger partial charge in [0, 0.05) is 49.9 Å². The van der Waals surface area contributed by atoms with E-state index in [2.05, 4.69) is 24.5 Å². The zero-order chi connectivity index (χ0) is 31.0. The number of aromatic nitrogens is 2. The molecule has 1 saturated carbocycles. The van der Waals surface area contributed by atoms with Crippen LogP contribution in [0.3, 0.4) is 0 Å². The minimum Gasteiger partial charge on any atom is -0.481 e. The largest absolute Gasteiger partial charge is 0.573 e. The monoisotopic (exact) mass is 617 g/mol. The average Bonchev–Trinajstić information content (AvgIpc) is 2.94. The Hall–Kier alpha value is -4.17. The van der Waals surface area contributed by atoms with Crippen LogP contribution in [0.15, 0.2) is 36.4 Å². The Morgan fingerprint density at radius 2 is 1.75 bits per heavy atom. The number of ether oxygens (including phenoxy) is 3. The first-order chi connectivity index (χ1) is 21.0. The molecule has 3 aliphatic rings. The van der Waals surface area contributed by atoms with Gasteiger partial charge in [0.2, 0.25) is 5.95 Å². The molecule has 234 valence electrons. The number of nitrogen functional groups attached to an aromatic ring is 1. The van der Waals surface area contributed by atoms with Gasteiger partial charge in [-0.05, 0) is 61.6 Å². The Morgan fingerprint density at radius 3 is 2.45 bits per heavy atom. The molecule has 1 saturated heterocycles. The van der Waals surface area contributed by atoms with Gasteiger partial charge in [-0.1, -0.05) is 0 Å². The molecule has 14 heteroatoms. The first-order valence-electron chi connectivity index (χ1n) is 14.4. The molecule has 0 atom stereocenters. The number of aryl methyl sites for hydroxylation is 1. The first-order valence-corrected chi connectivity index (χ1v) is 14.4. The van der Waals surface area contributed by atoms with E-state index in [0.717, 1.165) is 73.1 Å². The molecule has 3 aromatic rings. The third-order valence-electron chi connectivity index (χ3n) is 8.22. The number of carboxylic acids is 1. The number of aliphatic carboxylic acids is 1. The topological polar surface area (TPSA) is 123 Å². The first kappa shape index (κ1) is 29.9. The van der Waals surface area contributed by atoms with Crippen molar-refractivity contribution >= 4 is 17.7 Å². The van der Waals surface area contributed by atoms with Gasteiger partial charge in [-0.2, -0.15) is 4.98 Å². The summed E-state index contributed by atoms with van der Waals surface area (Å²) in [6, 6.07) is 8.25. The number of piperazine rings is 1. The molecule has 44 heavy (non-hydrogen) atoms. The minimum atomic E-state index is -5.00. The molecule has 10 nitrogen and oxygen atoms in total. The van der Waals surface area contributed by atoms with Crippen molar-refractivity contribution < 1.29 is 41.7 Å². The summed E-state index contributed by atoms with van der Waals surface area (Å²) in [4.78, 5) is 24.7. The molecule has 1 aromatic heterocycles. The van der Waals surface area contributed by atoms with Gasteiger partial charge in [-0.3, -0.25) is 9.69 Å². The zero-order valence-corrected chi connectivity index (χ0v) is 23.6. The van der Waals surface area contributed by atoms with Gasteiger partial charge in [-0.15, -0.1) is 13.2 Å². The smallest absolute Gasteiger partial charge is 0.481 e. The summed E-state index contributed by atoms with van der Waals surface area (Å²) >= 11 is 0. The number of nitrogens with zero attached hydrogens (tertiary/aromatic N) is 4. The third kappa shape index (κ3) is 6.65.